The molecule has 5 rings (SSSR count). The first-order chi connectivity index (χ1) is 20.6. The fourth-order valence-corrected chi connectivity index (χ4v) is 5.88. The minimum atomic E-state index is -2.19. The van der Waals surface area contributed by atoms with Crippen molar-refractivity contribution in [3.8, 4) is 22.7 Å². The number of rotatable bonds is 7. The van der Waals surface area contributed by atoms with Gasteiger partial charge in [0.25, 0.3) is 5.91 Å². The predicted molar refractivity (Wildman–Crippen MR) is 163 cm³/mol. The lowest BCUT2D eigenvalue weighted by Gasteiger charge is -2.44. The molecule has 0 aliphatic carbocycles. The summed E-state index contributed by atoms with van der Waals surface area (Å²) >= 11 is 6.59. The number of amides is 1. The van der Waals surface area contributed by atoms with Crippen LogP contribution >= 0.6 is 11.6 Å². The van der Waals surface area contributed by atoms with Gasteiger partial charge in [-0.05, 0) is 41.2 Å². The molecule has 44 heavy (non-hydrogen) atoms. The minimum Gasteiger partial charge on any atom is -0.507 e. The first-order valence-electron chi connectivity index (χ1n) is 13.9. The molecular weight excluding hydrogens is 597 g/mol. The van der Waals surface area contributed by atoms with E-state index in [1.165, 1.54) is 18.2 Å². The number of alkyl halides is 1. The van der Waals surface area contributed by atoms with Crippen LogP contribution in [0.15, 0.2) is 64.5 Å². The predicted octanol–water partition coefficient (Wildman–Crippen LogP) is 5.99. The minimum absolute atomic E-state index is 0.0378. The van der Waals surface area contributed by atoms with Crippen molar-refractivity contribution in [3.63, 3.8) is 0 Å². The quantitative estimate of drug-likeness (QED) is 0.201. The number of halogens is 4. The number of carbonyl (C=O) groups is 1. The van der Waals surface area contributed by atoms with E-state index in [-0.39, 0.29) is 39.3 Å². The number of hydrogen-bond acceptors (Lipinski definition) is 5. The zero-order valence-electron chi connectivity index (χ0n) is 24.5. The Labute approximate surface area is 255 Å². The van der Waals surface area contributed by atoms with Crippen molar-refractivity contribution in [3.05, 3.63) is 97.5 Å². The van der Waals surface area contributed by atoms with Crippen molar-refractivity contribution in [2.24, 2.45) is 0 Å². The Morgan fingerprint density at radius 3 is 2.20 bits per heavy atom. The van der Waals surface area contributed by atoms with Gasteiger partial charge in [-0.25, -0.2) is 18.2 Å². The molecule has 12 heteroatoms. The van der Waals surface area contributed by atoms with Crippen molar-refractivity contribution in [2.45, 2.75) is 51.7 Å². The summed E-state index contributed by atoms with van der Waals surface area (Å²) in [6.07, 6.45) is 0. The van der Waals surface area contributed by atoms with E-state index in [2.05, 4.69) is 11.6 Å². The normalized spacial score (nSPS) is 14.4. The average molecular weight is 627 g/mol. The second kappa shape index (κ2) is 11.3. The summed E-state index contributed by atoms with van der Waals surface area (Å²) in [6.45, 7) is 8.88. The number of benzene rings is 2. The van der Waals surface area contributed by atoms with Gasteiger partial charge < -0.3 is 10.0 Å². The van der Waals surface area contributed by atoms with Crippen molar-refractivity contribution < 1.29 is 23.1 Å². The molecule has 4 aromatic rings. The van der Waals surface area contributed by atoms with Crippen LogP contribution in [0, 0.1) is 5.82 Å². The summed E-state index contributed by atoms with van der Waals surface area (Å²) in [4.78, 5) is 45.2. The SMILES string of the molecule is C=C(F)C(=O)N1CC(F)(Cn2c(=O)c(=O)n(-c3c(C(C)C)cccc3C(C)C)c3nc(-c4c(O)cccc4F)c(Cl)cc32)C1. The Hall–Kier alpha value is -4.38. The number of hydrogen-bond donors (Lipinski definition) is 1. The Kier molecular flexibility index (Phi) is 7.96. The van der Waals surface area contributed by atoms with E-state index < -0.39 is 59.7 Å². The van der Waals surface area contributed by atoms with Gasteiger partial charge in [-0.3, -0.25) is 23.5 Å². The molecule has 2 aromatic carbocycles. The van der Waals surface area contributed by atoms with Crippen LogP contribution in [0.5, 0.6) is 5.75 Å². The number of likely N-dealkylation sites (tertiary alicyclic amines) is 1. The van der Waals surface area contributed by atoms with Gasteiger partial charge >= 0.3 is 11.1 Å². The molecule has 0 radical (unpaired) electrons. The fourth-order valence-electron chi connectivity index (χ4n) is 5.64. The zero-order chi connectivity index (χ0) is 32.2. The molecule has 1 amide bonds. The summed E-state index contributed by atoms with van der Waals surface area (Å²) in [5.41, 5.74) is -3.13. The van der Waals surface area contributed by atoms with Gasteiger partial charge in [0.05, 0.1) is 47.1 Å². The van der Waals surface area contributed by atoms with Gasteiger partial charge in [-0.2, -0.15) is 0 Å². The van der Waals surface area contributed by atoms with Crippen LogP contribution in [0.1, 0.15) is 50.7 Å². The number of aromatic nitrogens is 3. The lowest BCUT2D eigenvalue weighted by Crippen LogP contribution is -2.63. The highest BCUT2D eigenvalue weighted by Crippen LogP contribution is 2.38. The average Bonchev–Trinajstić information content (AvgIpc) is 2.94. The molecule has 230 valence electrons. The first-order valence-corrected chi connectivity index (χ1v) is 14.3. The van der Waals surface area contributed by atoms with E-state index in [0.717, 1.165) is 31.2 Å². The fraction of sp³-hybridized carbons (Fsp3) is 0.312. The van der Waals surface area contributed by atoms with Gasteiger partial charge in [0.15, 0.2) is 17.1 Å². The molecule has 0 saturated carbocycles. The van der Waals surface area contributed by atoms with E-state index in [4.69, 9.17) is 11.6 Å². The molecule has 1 aliphatic rings. The number of pyridine rings is 1. The third kappa shape index (κ3) is 5.19. The van der Waals surface area contributed by atoms with E-state index in [1.807, 2.05) is 45.9 Å². The molecule has 0 unspecified atom stereocenters. The number of carbonyl (C=O) groups excluding carboxylic acids is 1. The van der Waals surface area contributed by atoms with Gasteiger partial charge in [0.1, 0.15) is 11.6 Å². The topological polar surface area (TPSA) is 97.4 Å². The van der Waals surface area contributed by atoms with Crippen molar-refractivity contribution >= 4 is 28.7 Å². The highest BCUT2D eigenvalue weighted by Gasteiger charge is 2.47. The lowest BCUT2D eigenvalue weighted by molar-refractivity contribution is -0.143. The van der Waals surface area contributed by atoms with Crippen LogP contribution in [0.4, 0.5) is 13.2 Å². The van der Waals surface area contributed by atoms with E-state index in [0.29, 0.717) is 5.69 Å². The molecule has 1 N–H and O–H groups in total. The van der Waals surface area contributed by atoms with Crippen LogP contribution in [0.3, 0.4) is 0 Å². The molecule has 0 atom stereocenters. The maximum absolute atomic E-state index is 15.9. The zero-order valence-corrected chi connectivity index (χ0v) is 25.3. The number of aromatic hydroxyl groups is 1. The summed E-state index contributed by atoms with van der Waals surface area (Å²) < 4.78 is 46.3. The Morgan fingerprint density at radius 2 is 1.66 bits per heavy atom. The van der Waals surface area contributed by atoms with Crippen molar-refractivity contribution in [1.82, 2.24) is 19.0 Å². The van der Waals surface area contributed by atoms with Crippen LogP contribution in [-0.4, -0.2) is 48.8 Å². The molecule has 3 heterocycles. The lowest BCUT2D eigenvalue weighted by atomic mass is 9.92. The Morgan fingerprint density at radius 1 is 1.07 bits per heavy atom. The van der Waals surface area contributed by atoms with Gasteiger partial charge in [0, 0.05) is 0 Å². The molecule has 1 aliphatic heterocycles. The number of phenolic OH excluding ortho intramolecular Hbond substituents is 1. The molecule has 0 bridgehead atoms. The highest BCUT2D eigenvalue weighted by atomic mass is 35.5. The number of phenols is 1. The molecular formula is C32H30ClF3N4O4. The van der Waals surface area contributed by atoms with Crippen molar-refractivity contribution in [2.75, 3.05) is 13.1 Å². The third-order valence-corrected chi connectivity index (χ3v) is 8.06. The van der Waals surface area contributed by atoms with Gasteiger partial charge in [-0.15, -0.1) is 0 Å². The first kappa shape index (κ1) is 31.1. The second-order valence-corrected chi connectivity index (χ2v) is 12.0. The number of para-hydroxylation sites is 1. The molecule has 1 fully saturated rings. The second-order valence-electron chi connectivity index (χ2n) is 11.6. The highest BCUT2D eigenvalue weighted by molar-refractivity contribution is 6.33. The summed E-state index contributed by atoms with van der Waals surface area (Å²) in [5.74, 6) is -3.81. The van der Waals surface area contributed by atoms with E-state index in [9.17, 15) is 23.9 Å². The maximum atomic E-state index is 15.9. The summed E-state index contributed by atoms with van der Waals surface area (Å²) in [6, 6.07) is 10.4. The third-order valence-electron chi connectivity index (χ3n) is 7.77. The van der Waals surface area contributed by atoms with E-state index >= 15 is 8.78 Å². The number of nitrogens with zero attached hydrogens (tertiary/aromatic N) is 4. The van der Waals surface area contributed by atoms with Gasteiger partial charge in [0.2, 0.25) is 0 Å². The Balaban J connectivity index is 1.86. The van der Waals surface area contributed by atoms with Crippen LogP contribution in [0.25, 0.3) is 28.1 Å². The van der Waals surface area contributed by atoms with Crippen molar-refractivity contribution in [1.29, 1.82) is 0 Å². The van der Waals surface area contributed by atoms with Crippen LogP contribution in [-0.2, 0) is 11.3 Å². The standard InChI is InChI=1S/C32H30ClF3N4O4/c1-16(2)19-8-6-9-20(17(3)4)27(19)40-28-23(12-21(33)26(37-28)25-22(35)10-7-11-24(25)41)39(30(43)31(40)44)15-32(36)13-38(14-32)29(42)18(5)34/h6-12,16-17,41H,5,13-15H2,1-4H3. The van der Waals surface area contributed by atoms with Crippen LogP contribution < -0.4 is 11.1 Å². The summed E-state index contributed by atoms with van der Waals surface area (Å²) in [5, 5.41) is 10.4. The molecule has 2 aromatic heterocycles. The monoisotopic (exact) mass is 626 g/mol. The molecule has 8 nitrogen and oxygen atoms in total. The Bertz CT molecular complexity index is 1920. The largest absolute Gasteiger partial charge is 0.507 e. The molecule has 0 spiro atoms. The van der Waals surface area contributed by atoms with E-state index in [1.54, 1.807) is 0 Å². The summed E-state index contributed by atoms with van der Waals surface area (Å²) in [7, 11) is 0. The smallest absolute Gasteiger partial charge is 0.322 e. The maximum Gasteiger partial charge on any atom is 0.322 e. The van der Waals surface area contributed by atoms with Gasteiger partial charge in [-0.1, -0.05) is 70.1 Å². The van der Waals surface area contributed by atoms with Crippen LogP contribution in [0.2, 0.25) is 5.02 Å². The molecule has 1 saturated heterocycles. The number of fused-ring (bicyclic) bond motifs is 1.